The lowest BCUT2D eigenvalue weighted by atomic mass is 9.83. The maximum atomic E-state index is 3.53. The first-order chi connectivity index (χ1) is 6.84. The van der Waals surface area contributed by atoms with E-state index in [4.69, 9.17) is 0 Å². The number of hydrogen-bond acceptors (Lipinski definition) is 0. The summed E-state index contributed by atoms with van der Waals surface area (Å²) in [6.07, 6.45) is 7.87. The topological polar surface area (TPSA) is 0 Å². The van der Waals surface area contributed by atoms with Gasteiger partial charge in [-0.1, -0.05) is 40.1 Å². The molecule has 72 valence electrons. The summed E-state index contributed by atoms with van der Waals surface area (Å²) in [5, 5.41) is 0. The van der Waals surface area contributed by atoms with E-state index in [1.807, 2.05) is 0 Å². The molecule has 0 aromatic heterocycles. The molecule has 3 rings (SSSR count). The zero-order chi connectivity index (χ0) is 9.54. The Kier molecular flexibility index (Phi) is 2.01. The third-order valence-corrected chi connectivity index (χ3v) is 3.91. The van der Waals surface area contributed by atoms with Crippen LogP contribution in [0.5, 0.6) is 0 Å². The third-order valence-electron chi connectivity index (χ3n) is 3.42. The van der Waals surface area contributed by atoms with E-state index in [1.165, 1.54) is 35.7 Å². The van der Waals surface area contributed by atoms with Crippen LogP contribution in [0.3, 0.4) is 0 Å². The Bertz CT molecular complexity index is 404. The van der Waals surface area contributed by atoms with Gasteiger partial charge in [-0.3, -0.25) is 0 Å². The molecule has 1 aromatic carbocycles. The third kappa shape index (κ3) is 1.26. The van der Waals surface area contributed by atoms with Crippen molar-refractivity contribution in [2.24, 2.45) is 0 Å². The van der Waals surface area contributed by atoms with Crippen molar-refractivity contribution in [3.8, 4) is 0 Å². The molecule has 0 radical (unpaired) electrons. The van der Waals surface area contributed by atoms with Gasteiger partial charge in [-0.15, -0.1) is 0 Å². The molecule has 0 nitrogen and oxygen atoms in total. The molecule has 14 heavy (non-hydrogen) atoms. The lowest BCUT2D eigenvalue weighted by Crippen LogP contribution is -2.04. The van der Waals surface area contributed by atoms with E-state index in [0.717, 1.165) is 5.92 Å². The summed E-state index contributed by atoms with van der Waals surface area (Å²) < 4.78 is 1.20. The molecule has 1 saturated carbocycles. The smallest absolute Gasteiger partial charge is 0.0181 e. The maximum Gasteiger partial charge on any atom is 0.0181 e. The SMILES string of the molecule is Brc1ccc2c(c1)C=C1CCCC[C@H]12. The van der Waals surface area contributed by atoms with E-state index in [2.05, 4.69) is 40.2 Å². The highest BCUT2D eigenvalue weighted by molar-refractivity contribution is 9.10. The van der Waals surface area contributed by atoms with Crippen LogP contribution in [0.4, 0.5) is 0 Å². The summed E-state index contributed by atoms with van der Waals surface area (Å²) in [5.41, 5.74) is 4.67. The van der Waals surface area contributed by atoms with Crippen LogP contribution in [0.2, 0.25) is 0 Å². The molecule has 1 aromatic rings. The van der Waals surface area contributed by atoms with Crippen molar-refractivity contribution in [2.45, 2.75) is 31.6 Å². The van der Waals surface area contributed by atoms with E-state index in [0.29, 0.717) is 0 Å². The first kappa shape index (κ1) is 8.72. The Morgan fingerprint density at radius 2 is 2.14 bits per heavy atom. The summed E-state index contributed by atoms with van der Waals surface area (Å²) in [6.45, 7) is 0. The summed E-state index contributed by atoms with van der Waals surface area (Å²) in [4.78, 5) is 0. The van der Waals surface area contributed by atoms with Gasteiger partial charge in [-0.25, -0.2) is 0 Å². The molecule has 0 bridgehead atoms. The molecular formula is C13H13Br. The number of allylic oxidation sites excluding steroid dienone is 1. The van der Waals surface area contributed by atoms with Crippen molar-refractivity contribution in [1.82, 2.24) is 0 Å². The molecule has 2 aliphatic rings. The van der Waals surface area contributed by atoms with Crippen molar-refractivity contribution in [1.29, 1.82) is 0 Å². The quantitative estimate of drug-likeness (QED) is 0.634. The van der Waals surface area contributed by atoms with Crippen molar-refractivity contribution < 1.29 is 0 Å². The number of fused-ring (bicyclic) bond motifs is 3. The van der Waals surface area contributed by atoms with Crippen LogP contribution < -0.4 is 0 Å². The van der Waals surface area contributed by atoms with Crippen LogP contribution >= 0.6 is 15.9 Å². The zero-order valence-corrected chi connectivity index (χ0v) is 9.68. The Balaban J connectivity index is 2.09. The predicted octanol–water partition coefficient (Wildman–Crippen LogP) is 4.50. The lowest BCUT2D eigenvalue weighted by molar-refractivity contribution is 0.550. The van der Waals surface area contributed by atoms with Crippen molar-refractivity contribution in [3.63, 3.8) is 0 Å². The minimum atomic E-state index is 0.756. The normalized spacial score (nSPS) is 24.1. The monoisotopic (exact) mass is 248 g/mol. The van der Waals surface area contributed by atoms with E-state index in [1.54, 1.807) is 11.1 Å². The van der Waals surface area contributed by atoms with Crippen LogP contribution in [0.1, 0.15) is 42.7 Å². The van der Waals surface area contributed by atoms with E-state index in [-0.39, 0.29) is 0 Å². The predicted molar refractivity (Wildman–Crippen MR) is 63.3 cm³/mol. The van der Waals surface area contributed by atoms with Gasteiger partial charge >= 0.3 is 0 Å². The molecule has 0 saturated heterocycles. The molecule has 0 N–H and O–H groups in total. The van der Waals surface area contributed by atoms with Crippen LogP contribution in [-0.4, -0.2) is 0 Å². The van der Waals surface area contributed by atoms with Crippen LogP contribution in [0.25, 0.3) is 6.08 Å². The first-order valence-corrected chi connectivity index (χ1v) is 6.14. The van der Waals surface area contributed by atoms with Crippen molar-refractivity contribution in [2.75, 3.05) is 0 Å². The molecule has 2 aliphatic carbocycles. The van der Waals surface area contributed by atoms with E-state index >= 15 is 0 Å². The standard InChI is InChI=1S/C13H13Br/c14-11-5-6-13-10(8-11)7-9-3-1-2-4-12(9)13/h5-8,12H,1-4H2/t12-/m1/s1. The van der Waals surface area contributed by atoms with Crippen LogP contribution in [-0.2, 0) is 0 Å². The zero-order valence-electron chi connectivity index (χ0n) is 8.09. The van der Waals surface area contributed by atoms with Crippen molar-refractivity contribution in [3.05, 3.63) is 39.4 Å². The van der Waals surface area contributed by atoms with Crippen molar-refractivity contribution >= 4 is 22.0 Å². The van der Waals surface area contributed by atoms with Crippen LogP contribution in [0, 0.1) is 0 Å². The molecule has 1 fully saturated rings. The fourth-order valence-electron chi connectivity index (χ4n) is 2.75. The van der Waals surface area contributed by atoms with Gasteiger partial charge in [0.05, 0.1) is 0 Å². The number of benzene rings is 1. The largest absolute Gasteiger partial charge is 0.0621 e. The Morgan fingerprint density at radius 1 is 1.21 bits per heavy atom. The minimum Gasteiger partial charge on any atom is -0.0621 e. The molecule has 1 heteroatoms. The second kappa shape index (κ2) is 3.23. The second-order valence-electron chi connectivity index (χ2n) is 4.29. The highest BCUT2D eigenvalue weighted by Crippen LogP contribution is 2.45. The average molecular weight is 249 g/mol. The average Bonchev–Trinajstić information content (AvgIpc) is 2.54. The fraction of sp³-hybridized carbons (Fsp3) is 0.385. The van der Waals surface area contributed by atoms with E-state index < -0.39 is 0 Å². The fourth-order valence-corrected chi connectivity index (χ4v) is 3.13. The maximum absolute atomic E-state index is 3.53. The van der Waals surface area contributed by atoms with Gasteiger partial charge in [0, 0.05) is 10.4 Å². The molecule has 0 unspecified atom stereocenters. The van der Waals surface area contributed by atoms with Gasteiger partial charge < -0.3 is 0 Å². The number of halogens is 1. The Morgan fingerprint density at radius 3 is 3.07 bits per heavy atom. The molecule has 0 aliphatic heterocycles. The second-order valence-corrected chi connectivity index (χ2v) is 5.21. The Labute approximate surface area is 93.2 Å². The first-order valence-electron chi connectivity index (χ1n) is 5.34. The van der Waals surface area contributed by atoms with Gasteiger partial charge in [0.15, 0.2) is 0 Å². The van der Waals surface area contributed by atoms with Gasteiger partial charge in [-0.2, -0.15) is 0 Å². The van der Waals surface area contributed by atoms with Gasteiger partial charge in [-0.05, 0) is 42.5 Å². The molecular weight excluding hydrogens is 236 g/mol. The molecule has 0 spiro atoms. The molecule has 1 atom stereocenters. The van der Waals surface area contributed by atoms with Crippen LogP contribution in [0.15, 0.2) is 28.2 Å². The number of rotatable bonds is 0. The Hall–Kier alpha value is -0.560. The summed E-state index contributed by atoms with van der Waals surface area (Å²) in [5.74, 6) is 0.756. The van der Waals surface area contributed by atoms with Gasteiger partial charge in [0.25, 0.3) is 0 Å². The summed E-state index contributed by atoms with van der Waals surface area (Å²) >= 11 is 3.53. The number of hydrogen-bond donors (Lipinski definition) is 0. The highest BCUT2D eigenvalue weighted by atomic mass is 79.9. The lowest BCUT2D eigenvalue weighted by Gasteiger charge is -2.21. The molecule has 0 heterocycles. The minimum absolute atomic E-state index is 0.756. The van der Waals surface area contributed by atoms with E-state index in [9.17, 15) is 0 Å². The summed E-state index contributed by atoms with van der Waals surface area (Å²) in [6, 6.07) is 6.71. The van der Waals surface area contributed by atoms with Gasteiger partial charge in [0.1, 0.15) is 0 Å². The highest BCUT2D eigenvalue weighted by Gasteiger charge is 2.26. The van der Waals surface area contributed by atoms with Gasteiger partial charge in [0.2, 0.25) is 0 Å². The summed E-state index contributed by atoms with van der Waals surface area (Å²) in [7, 11) is 0. The molecule has 0 amide bonds.